The predicted molar refractivity (Wildman–Crippen MR) is 130 cm³/mol. The van der Waals surface area contributed by atoms with E-state index in [2.05, 4.69) is 39.4 Å². The third-order valence-electron chi connectivity index (χ3n) is 6.01. The molecule has 0 spiro atoms. The van der Waals surface area contributed by atoms with Crippen molar-refractivity contribution in [3.63, 3.8) is 0 Å². The number of hydrogen-bond acceptors (Lipinski definition) is 5. The molecule has 0 bridgehead atoms. The Kier molecular flexibility index (Phi) is 6.48. The van der Waals surface area contributed by atoms with Crippen LogP contribution in [0.1, 0.15) is 24.3 Å². The summed E-state index contributed by atoms with van der Waals surface area (Å²) in [6.07, 6.45) is 5.53. The van der Waals surface area contributed by atoms with Gasteiger partial charge < -0.3 is 4.90 Å². The van der Waals surface area contributed by atoms with Crippen LogP contribution in [0.2, 0.25) is 0 Å². The van der Waals surface area contributed by atoms with Crippen LogP contribution in [0.15, 0.2) is 90.3 Å². The second kappa shape index (κ2) is 10.0. The van der Waals surface area contributed by atoms with Crippen LogP contribution < -0.4 is 0 Å². The van der Waals surface area contributed by atoms with E-state index in [1.54, 1.807) is 12.4 Å². The lowest BCUT2D eigenvalue weighted by Gasteiger charge is -2.32. The van der Waals surface area contributed by atoms with Crippen molar-refractivity contribution in [1.29, 1.82) is 0 Å². The van der Waals surface area contributed by atoms with Crippen LogP contribution >= 0.6 is 11.8 Å². The van der Waals surface area contributed by atoms with Crippen molar-refractivity contribution in [3.05, 3.63) is 90.8 Å². The smallest absolute Gasteiger partial charge is 0.233 e. The average Bonchev–Trinajstić information content (AvgIpc) is 3.33. The minimum absolute atomic E-state index is 0.150. The summed E-state index contributed by atoms with van der Waals surface area (Å²) in [5.41, 5.74) is 3.22. The number of carbonyl (C=O) groups is 1. The van der Waals surface area contributed by atoms with Gasteiger partial charge in [0.15, 0.2) is 11.0 Å². The molecule has 0 unspecified atom stereocenters. The van der Waals surface area contributed by atoms with Gasteiger partial charge in [-0.3, -0.25) is 14.3 Å². The molecule has 7 heteroatoms. The monoisotopic (exact) mass is 455 g/mol. The molecule has 1 amide bonds. The van der Waals surface area contributed by atoms with Crippen LogP contribution in [0.5, 0.6) is 0 Å². The van der Waals surface area contributed by atoms with E-state index in [1.165, 1.54) is 17.3 Å². The Balaban J connectivity index is 1.28. The van der Waals surface area contributed by atoms with E-state index < -0.39 is 0 Å². The summed E-state index contributed by atoms with van der Waals surface area (Å²) in [6, 6.07) is 24.4. The zero-order valence-electron chi connectivity index (χ0n) is 18.2. The van der Waals surface area contributed by atoms with Gasteiger partial charge in [0.2, 0.25) is 5.91 Å². The Morgan fingerprint density at radius 1 is 0.909 bits per heavy atom. The highest BCUT2D eigenvalue weighted by Gasteiger charge is 2.25. The lowest BCUT2D eigenvalue weighted by molar-refractivity contribution is -0.129. The normalized spacial score (nSPS) is 14.4. The molecule has 2 aromatic heterocycles. The molecule has 0 aliphatic carbocycles. The minimum Gasteiger partial charge on any atom is -0.342 e. The molecule has 0 N–H and O–H groups in total. The van der Waals surface area contributed by atoms with Crippen molar-refractivity contribution in [3.8, 4) is 17.1 Å². The van der Waals surface area contributed by atoms with Gasteiger partial charge in [-0.1, -0.05) is 60.3 Å². The summed E-state index contributed by atoms with van der Waals surface area (Å²) in [4.78, 5) is 19.2. The van der Waals surface area contributed by atoms with E-state index in [0.717, 1.165) is 37.2 Å². The number of carbonyl (C=O) groups excluding carboxylic acids is 1. The van der Waals surface area contributed by atoms with Gasteiger partial charge in [-0.05, 0) is 48.6 Å². The third-order valence-corrected chi connectivity index (χ3v) is 6.92. The highest BCUT2D eigenvalue weighted by atomic mass is 32.2. The van der Waals surface area contributed by atoms with Crippen LogP contribution in [0.3, 0.4) is 0 Å². The Labute approximate surface area is 197 Å². The number of benzene rings is 2. The van der Waals surface area contributed by atoms with Crippen LogP contribution in [0.4, 0.5) is 0 Å². The van der Waals surface area contributed by atoms with Gasteiger partial charge in [0.25, 0.3) is 0 Å². The topological polar surface area (TPSA) is 63.9 Å². The fourth-order valence-electron chi connectivity index (χ4n) is 4.26. The maximum absolute atomic E-state index is 13.0. The zero-order chi connectivity index (χ0) is 22.5. The van der Waals surface area contributed by atoms with Crippen molar-refractivity contribution in [2.75, 3.05) is 18.8 Å². The van der Waals surface area contributed by atoms with Gasteiger partial charge >= 0.3 is 0 Å². The number of thioether (sulfide) groups is 1. The number of aromatic nitrogens is 4. The first kappa shape index (κ1) is 21.4. The van der Waals surface area contributed by atoms with Crippen LogP contribution in [0.25, 0.3) is 17.1 Å². The fraction of sp³-hybridized carbons (Fsp3) is 0.231. The number of pyridine rings is 1. The summed E-state index contributed by atoms with van der Waals surface area (Å²) >= 11 is 1.43. The molecule has 1 saturated heterocycles. The molecule has 1 aliphatic rings. The molecule has 0 atom stereocenters. The number of amides is 1. The van der Waals surface area contributed by atoms with E-state index in [0.29, 0.717) is 22.7 Å². The molecule has 1 fully saturated rings. The molecule has 166 valence electrons. The lowest BCUT2D eigenvalue weighted by atomic mass is 9.89. The van der Waals surface area contributed by atoms with Crippen molar-refractivity contribution in [2.24, 2.45) is 0 Å². The molecule has 0 saturated carbocycles. The fourth-order valence-corrected chi connectivity index (χ4v) is 5.11. The summed E-state index contributed by atoms with van der Waals surface area (Å²) < 4.78 is 2.00. The third kappa shape index (κ3) is 4.83. The number of nitrogens with zero attached hydrogens (tertiary/aromatic N) is 5. The second-order valence-corrected chi connectivity index (χ2v) is 9.02. The van der Waals surface area contributed by atoms with Gasteiger partial charge in [0.1, 0.15) is 0 Å². The number of hydrogen-bond donors (Lipinski definition) is 0. The van der Waals surface area contributed by atoms with Crippen molar-refractivity contribution in [2.45, 2.75) is 23.9 Å². The predicted octanol–water partition coefficient (Wildman–Crippen LogP) is 4.83. The molecule has 6 nitrogen and oxygen atoms in total. The van der Waals surface area contributed by atoms with Crippen LogP contribution in [0, 0.1) is 0 Å². The average molecular weight is 456 g/mol. The van der Waals surface area contributed by atoms with Crippen LogP contribution in [-0.2, 0) is 4.79 Å². The van der Waals surface area contributed by atoms with Gasteiger partial charge in [0.05, 0.1) is 5.75 Å². The molecular formula is C26H25N5OS. The first-order chi connectivity index (χ1) is 16.3. The summed E-state index contributed by atoms with van der Waals surface area (Å²) in [7, 11) is 0. The molecule has 1 aliphatic heterocycles. The Hall–Kier alpha value is -3.45. The number of piperidine rings is 1. The van der Waals surface area contributed by atoms with E-state index >= 15 is 0 Å². The standard InChI is InChI=1S/C26H25N5OS/c32-24(30-16-13-21(14-17-30)20-8-3-1-4-9-20)19-33-26-29-28-25(22-10-7-15-27-18-22)31(26)23-11-5-2-6-12-23/h1-12,15,18,21H,13-14,16-17,19H2. The highest BCUT2D eigenvalue weighted by Crippen LogP contribution is 2.30. The molecule has 5 rings (SSSR count). The Bertz CT molecular complexity index is 1190. The molecule has 33 heavy (non-hydrogen) atoms. The minimum atomic E-state index is 0.150. The van der Waals surface area contributed by atoms with Crippen molar-refractivity contribution >= 4 is 17.7 Å². The molecular weight excluding hydrogens is 430 g/mol. The maximum Gasteiger partial charge on any atom is 0.233 e. The summed E-state index contributed by atoms with van der Waals surface area (Å²) in [6.45, 7) is 1.59. The molecule has 3 heterocycles. The summed E-state index contributed by atoms with van der Waals surface area (Å²) in [5, 5.41) is 9.54. The van der Waals surface area contributed by atoms with Gasteiger partial charge in [-0.15, -0.1) is 10.2 Å². The van der Waals surface area contributed by atoms with Crippen LogP contribution in [-0.4, -0.2) is 49.4 Å². The largest absolute Gasteiger partial charge is 0.342 e. The van der Waals surface area contributed by atoms with Gasteiger partial charge in [-0.25, -0.2) is 0 Å². The Morgan fingerprint density at radius 2 is 1.64 bits per heavy atom. The molecule has 4 aromatic rings. The van der Waals surface area contributed by atoms with Gasteiger partial charge in [0, 0.05) is 36.7 Å². The zero-order valence-corrected chi connectivity index (χ0v) is 19.1. The highest BCUT2D eigenvalue weighted by molar-refractivity contribution is 7.99. The quantitative estimate of drug-likeness (QED) is 0.390. The SMILES string of the molecule is O=C(CSc1nnc(-c2cccnc2)n1-c1ccccc1)N1CCC(c2ccccc2)CC1. The Morgan fingerprint density at radius 3 is 2.33 bits per heavy atom. The molecule has 0 radical (unpaired) electrons. The maximum atomic E-state index is 13.0. The molecule has 2 aromatic carbocycles. The first-order valence-electron chi connectivity index (χ1n) is 11.2. The van der Waals surface area contributed by atoms with Crippen molar-refractivity contribution in [1.82, 2.24) is 24.6 Å². The first-order valence-corrected chi connectivity index (χ1v) is 12.1. The van der Waals surface area contributed by atoms with E-state index in [4.69, 9.17) is 0 Å². The number of para-hydroxylation sites is 1. The summed E-state index contributed by atoms with van der Waals surface area (Å²) in [5.74, 6) is 1.74. The number of likely N-dealkylation sites (tertiary alicyclic amines) is 1. The number of rotatable bonds is 6. The van der Waals surface area contributed by atoms with E-state index in [9.17, 15) is 4.79 Å². The van der Waals surface area contributed by atoms with Crippen molar-refractivity contribution < 1.29 is 4.79 Å². The lowest BCUT2D eigenvalue weighted by Crippen LogP contribution is -2.39. The second-order valence-electron chi connectivity index (χ2n) is 8.07. The van der Waals surface area contributed by atoms with E-state index in [1.807, 2.05) is 58.0 Å². The van der Waals surface area contributed by atoms with E-state index in [-0.39, 0.29) is 5.91 Å². The van der Waals surface area contributed by atoms with Gasteiger partial charge in [-0.2, -0.15) is 0 Å².